The van der Waals surface area contributed by atoms with Crippen LogP contribution in [0.4, 0.5) is 5.69 Å². The second-order valence-electron chi connectivity index (χ2n) is 6.41. The van der Waals surface area contributed by atoms with Gasteiger partial charge in [-0.05, 0) is 24.7 Å². The highest BCUT2D eigenvalue weighted by Gasteiger charge is 2.19. The van der Waals surface area contributed by atoms with Crippen LogP contribution in [-0.2, 0) is 0 Å². The van der Waals surface area contributed by atoms with Crippen LogP contribution in [0.15, 0.2) is 24.3 Å². The number of hydrogen-bond donors (Lipinski definition) is 2. The molecule has 2 aromatic rings. The summed E-state index contributed by atoms with van der Waals surface area (Å²) in [6, 6.07) is 6.81. The summed E-state index contributed by atoms with van der Waals surface area (Å²) in [6.07, 6.45) is 0. The SMILES string of the molecule is CCN1CCN(CCNC(=O)c2nnc(C(=O)Nc3cccc(Cl)c3)s2)CC1. The fraction of sp³-hybridized carbons (Fsp3) is 0.444. The van der Waals surface area contributed by atoms with Gasteiger partial charge in [0.1, 0.15) is 0 Å². The number of piperazine rings is 1. The van der Waals surface area contributed by atoms with Crippen molar-refractivity contribution in [3.63, 3.8) is 0 Å². The van der Waals surface area contributed by atoms with Crippen LogP contribution in [-0.4, -0.2) is 77.6 Å². The van der Waals surface area contributed by atoms with Crippen LogP contribution in [0.3, 0.4) is 0 Å². The summed E-state index contributed by atoms with van der Waals surface area (Å²) < 4.78 is 0. The van der Waals surface area contributed by atoms with Gasteiger partial charge in [0.15, 0.2) is 0 Å². The molecule has 1 aliphatic rings. The Kier molecular flexibility index (Phi) is 7.32. The smallest absolute Gasteiger partial charge is 0.286 e. The van der Waals surface area contributed by atoms with Gasteiger partial charge in [-0.2, -0.15) is 0 Å². The van der Waals surface area contributed by atoms with E-state index in [1.807, 2.05) is 0 Å². The van der Waals surface area contributed by atoms with E-state index < -0.39 is 5.91 Å². The number of carbonyl (C=O) groups is 2. The first-order valence-corrected chi connectivity index (χ1v) is 10.4. The topological polar surface area (TPSA) is 90.5 Å². The maximum absolute atomic E-state index is 12.2. The van der Waals surface area contributed by atoms with Crippen LogP contribution in [0.5, 0.6) is 0 Å². The number of carbonyl (C=O) groups excluding carboxylic acids is 2. The van der Waals surface area contributed by atoms with Crippen LogP contribution in [0.2, 0.25) is 5.02 Å². The van der Waals surface area contributed by atoms with E-state index in [2.05, 4.69) is 37.6 Å². The zero-order chi connectivity index (χ0) is 19.9. The highest BCUT2D eigenvalue weighted by molar-refractivity contribution is 7.15. The predicted molar refractivity (Wildman–Crippen MR) is 110 cm³/mol. The molecule has 3 rings (SSSR count). The van der Waals surface area contributed by atoms with Gasteiger partial charge in [0.05, 0.1) is 0 Å². The summed E-state index contributed by atoms with van der Waals surface area (Å²) in [6.45, 7) is 8.72. The Hall–Kier alpha value is -2.07. The lowest BCUT2D eigenvalue weighted by Gasteiger charge is -2.33. The number of likely N-dealkylation sites (N-methyl/N-ethyl adjacent to an activating group) is 1. The maximum Gasteiger partial charge on any atom is 0.286 e. The van der Waals surface area contributed by atoms with Gasteiger partial charge in [-0.3, -0.25) is 14.5 Å². The molecule has 1 aliphatic heterocycles. The summed E-state index contributed by atoms with van der Waals surface area (Å²) in [4.78, 5) is 29.2. The standard InChI is InChI=1S/C18H23ClN6O2S/c1-2-24-8-10-25(11-9-24)7-6-20-15(26)17-22-23-18(28-17)16(27)21-14-5-3-4-13(19)12-14/h3-5,12H,2,6-11H2,1H3,(H,20,26)(H,21,27). The van der Waals surface area contributed by atoms with Crippen molar-refractivity contribution in [2.45, 2.75) is 6.92 Å². The van der Waals surface area contributed by atoms with Gasteiger partial charge in [-0.25, -0.2) is 0 Å². The zero-order valence-electron chi connectivity index (χ0n) is 15.7. The molecule has 0 unspecified atom stereocenters. The number of aromatic nitrogens is 2. The van der Waals surface area contributed by atoms with Gasteiger partial charge in [0.25, 0.3) is 11.8 Å². The van der Waals surface area contributed by atoms with Crippen molar-refractivity contribution in [2.75, 3.05) is 51.1 Å². The number of hydrogen-bond acceptors (Lipinski definition) is 7. The van der Waals surface area contributed by atoms with Gasteiger partial charge in [0.2, 0.25) is 10.0 Å². The fourth-order valence-corrected chi connectivity index (χ4v) is 3.74. The first-order valence-electron chi connectivity index (χ1n) is 9.18. The number of benzene rings is 1. The van der Waals surface area contributed by atoms with Gasteiger partial charge in [-0.15, -0.1) is 10.2 Å². The molecule has 2 amide bonds. The van der Waals surface area contributed by atoms with Crippen molar-refractivity contribution in [1.82, 2.24) is 25.3 Å². The molecule has 10 heteroatoms. The number of anilines is 1. The minimum absolute atomic E-state index is 0.126. The van der Waals surface area contributed by atoms with Crippen molar-refractivity contribution in [2.24, 2.45) is 0 Å². The van der Waals surface area contributed by atoms with Crippen molar-refractivity contribution in [3.05, 3.63) is 39.3 Å². The summed E-state index contributed by atoms with van der Waals surface area (Å²) in [5.74, 6) is -0.737. The molecular formula is C18H23ClN6O2S. The van der Waals surface area contributed by atoms with Gasteiger partial charge in [0, 0.05) is 50.0 Å². The van der Waals surface area contributed by atoms with Crippen LogP contribution < -0.4 is 10.6 Å². The lowest BCUT2D eigenvalue weighted by molar-refractivity contribution is 0.0935. The second kappa shape index (κ2) is 9.92. The molecule has 8 nitrogen and oxygen atoms in total. The molecule has 2 N–H and O–H groups in total. The Morgan fingerprint density at radius 1 is 1.11 bits per heavy atom. The van der Waals surface area contributed by atoms with Crippen LogP contribution >= 0.6 is 22.9 Å². The molecule has 0 spiro atoms. The van der Waals surface area contributed by atoms with E-state index in [-0.39, 0.29) is 15.9 Å². The molecule has 1 saturated heterocycles. The van der Waals surface area contributed by atoms with Gasteiger partial charge in [-0.1, -0.05) is 35.9 Å². The lowest BCUT2D eigenvalue weighted by Crippen LogP contribution is -2.48. The summed E-state index contributed by atoms with van der Waals surface area (Å²) in [5, 5.41) is 14.0. The third-order valence-corrected chi connectivity index (χ3v) is 5.68. The quantitative estimate of drug-likeness (QED) is 0.707. The lowest BCUT2D eigenvalue weighted by atomic mass is 10.3. The Labute approximate surface area is 172 Å². The summed E-state index contributed by atoms with van der Waals surface area (Å²) >= 11 is 6.87. The highest BCUT2D eigenvalue weighted by atomic mass is 35.5. The predicted octanol–water partition coefficient (Wildman–Crippen LogP) is 1.81. The number of halogens is 1. The van der Waals surface area contributed by atoms with Gasteiger partial charge < -0.3 is 15.5 Å². The van der Waals surface area contributed by atoms with E-state index in [1.165, 1.54) is 0 Å². The Morgan fingerprint density at radius 3 is 2.46 bits per heavy atom. The molecular weight excluding hydrogens is 400 g/mol. The van der Waals surface area contributed by atoms with Crippen LogP contribution in [0.25, 0.3) is 0 Å². The summed E-state index contributed by atoms with van der Waals surface area (Å²) in [5.41, 5.74) is 0.557. The fourth-order valence-electron chi connectivity index (χ4n) is 2.89. The Morgan fingerprint density at radius 2 is 1.79 bits per heavy atom. The maximum atomic E-state index is 12.2. The van der Waals surface area contributed by atoms with Crippen molar-refractivity contribution in [3.8, 4) is 0 Å². The molecule has 1 aromatic heterocycles. The largest absolute Gasteiger partial charge is 0.349 e. The molecule has 0 bridgehead atoms. The summed E-state index contributed by atoms with van der Waals surface area (Å²) in [7, 11) is 0. The highest BCUT2D eigenvalue weighted by Crippen LogP contribution is 2.17. The second-order valence-corrected chi connectivity index (χ2v) is 7.82. The minimum Gasteiger partial charge on any atom is -0.349 e. The average Bonchev–Trinajstić information content (AvgIpc) is 3.19. The number of amides is 2. The van der Waals surface area contributed by atoms with Crippen molar-refractivity contribution in [1.29, 1.82) is 0 Å². The zero-order valence-corrected chi connectivity index (χ0v) is 17.2. The molecule has 28 heavy (non-hydrogen) atoms. The van der Waals surface area contributed by atoms with Crippen LogP contribution in [0, 0.1) is 0 Å². The number of nitrogens with zero attached hydrogens (tertiary/aromatic N) is 4. The molecule has 150 valence electrons. The van der Waals surface area contributed by atoms with Crippen LogP contribution in [0.1, 0.15) is 26.5 Å². The van der Waals surface area contributed by atoms with E-state index in [0.717, 1.165) is 50.6 Å². The molecule has 1 fully saturated rings. The molecule has 0 radical (unpaired) electrons. The molecule has 0 aliphatic carbocycles. The number of nitrogens with one attached hydrogen (secondary N) is 2. The molecule has 0 atom stereocenters. The first kappa shape index (κ1) is 20.7. The first-order chi connectivity index (χ1) is 13.5. The molecule has 2 heterocycles. The third kappa shape index (κ3) is 5.71. The average molecular weight is 423 g/mol. The van der Waals surface area contributed by atoms with Crippen molar-refractivity contribution >= 4 is 40.4 Å². The van der Waals surface area contributed by atoms with Crippen molar-refractivity contribution < 1.29 is 9.59 Å². The van der Waals surface area contributed by atoms with E-state index >= 15 is 0 Å². The Bertz CT molecular complexity index is 822. The molecule has 0 saturated carbocycles. The molecule has 1 aromatic carbocycles. The van der Waals surface area contributed by atoms with Gasteiger partial charge >= 0.3 is 0 Å². The van der Waals surface area contributed by atoms with E-state index in [0.29, 0.717) is 17.3 Å². The Balaban J connectivity index is 1.45. The van der Waals surface area contributed by atoms with E-state index in [1.54, 1.807) is 24.3 Å². The van der Waals surface area contributed by atoms with E-state index in [4.69, 9.17) is 11.6 Å². The normalized spacial score (nSPS) is 15.4. The minimum atomic E-state index is -0.424. The monoisotopic (exact) mass is 422 g/mol. The third-order valence-electron chi connectivity index (χ3n) is 4.52. The number of rotatable bonds is 7. The van der Waals surface area contributed by atoms with E-state index in [9.17, 15) is 9.59 Å².